The van der Waals surface area contributed by atoms with Crippen molar-refractivity contribution in [1.29, 1.82) is 0 Å². The highest BCUT2D eigenvalue weighted by molar-refractivity contribution is 7.80. The van der Waals surface area contributed by atoms with Gasteiger partial charge in [0.15, 0.2) is 16.6 Å². The molecule has 0 aliphatic heterocycles. The van der Waals surface area contributed by atoms with Gasteiger partial charge in [0.05, 0.1) is 25.5 Å². The Hall–Kier alpha value is -4.17. The van der Waals surface area contributed by atoms with Crippen LogP contribution in [0.2, 0.25) is 0 Å². The molecule has 0 atom stereocenters. The molecule has 0 aliphatic carbocycles. The van der Waals surface area contributed by atoms with E-state index < -0.39 is 5.91 Å². The third-order valence-electron chi connectivity index (χ3n) is 5.18. The number of para-hydroxylation sites is 1. The number of hydrogen-bond acceptors (Lipinski definition) is 5. The van der Waals surface area contributed by atoms with Crippen LogP contribution in [0, 0.1) is 0 Å². The molecular weight excluding hydrogens is 462 g/mol. The molecule has 3 aromatic carbocycles. The van der Waals surface area contributed by atoms with Crippen LogP contribution in [0.15, 0.2) is 78.9 Å². The van der Waals surface area contributed by atoms with E-state index in [0.29, 0.717) is 29.3 Å². The average Bonchev–Trinajstić information content (AvgIpc) is 2.90. The van der Waals surface area contributed by atoms with Crippen LogP contribution >= 0.6 is 12.2 Å². The fourth-order valence-electron chi connectivity index (χ4n) is 3.30. The summed E-state index contributed by atoms with van der Waals surface area (Å²) in [6.45, 7) is 0.403. The molecule has 0 saturated carbocycles. The standard InChI is InChI=1S/C27H27N3O4S/c1-30(22-12-8-7-11-21(22)26(32)28-18-20-9-5-4-6-10-20)27(35)29-25(31)16-14-19-13-15-23(33-2)24(17-19)34-3/h4-17H,18H2,1-3H3,(H,28,32)(H,29,31,35). The third kappa shape index (κ3) is 6.91. The van der Waals surface area contributed by atoms with E-state index in [0.717, 1.165) is 11.1 Å². The largest absolute Gasteiger partial charge is 0.493 e. The number of amides is 2. The van der Waals surface area contributed by atoms with E-state index in [1.54, 1.807) is 74.7 Å². The Morgan fingerprint density at radius 1 is 0.943 bits per heavy atom. The number of methoxy groups -OCH3 is 2. The van der Waals surface area contributed by atoms with Crippen LogP contribution in [0.4, 0.5) is 5.69 Å². The van der Waals surface area contributed by atoms with Gasteiger partial charge in [-0.2, -0.15) is 0 Å². The lowest BCUT2D eigenvalue weighted by molar-refractivity contribution is -0.115. The van der Waals surface area contributed by atoms with Gasteiger partial charge in [-0.3, -0.25) is 14.9 Å². The Morgan fingerprint density at radius 2 is 1.63 bits per heavy atom. The minimum Gasteiger partial charge on any atom is -0.493 e. The lowest BCUT2D eigenvalue weighted by Crippen LogP contribution is -2.40. The zero-order valence-electron chi connectivity index (χ0n) is 19.8. The van der Waals surface area contributed by atoms with E-state index in [9.17, 15) is 9.59 Å². The predicted octanol–water partition coefficient (Wildman–Crippen LogP) is 4.18. The molecule has 0 saturated heterocycles. The maximum absolute atomic E-state index is 12.8. The first-order valence-electron chi connectivity index (χ1n) is 10.8. The third-order valence-corrected chi connectivity index (χ3v) is 5.55. The topological polar surface area (TPSA) is 79.9 Å². The van der Waals surface area contributed by atoms with Crippen molar-refractivity contribution in [3.63, 3.8) is 0 Å². The summed E-state index contributed by atoms with van der Waals surface area (Å²) in [6.07, 6.45) is 3.02. The van der Waals surface area contributed by atoms with Crippen molar-refractivity contribution in [3.8, 4) is 11.5 Å². The lowest BCUT2D eigenvalue weighted by atomic mass is 10.1. The van der Waals surface area contributed by atoms with Crippen LogP contribution in [0.1, 0.15) is 21.5 Å². The van der Waals surface area contributed by atoms with Crippen LogP contribution < -0.4 is 25.0 Å². The van der Waals surface area contributed by atoms with E-state index in [-0.39, 0.29) is 11.0 Å². The SMILES string of the molecule is COc1ccc(C=CC(=O)NC(=S)N(C)c2ccccc2C(=O)NCc2ccccc2)cc1OC. The van der Waals surface area contributed by atoms with Gasteiger partial charge in [0.25, 0.3) is 5.91 Å². The van der Waals surface area contributed by atoms with Crippen LogP contribution in [0.5, 0.6) is 11.5 Å². The van der Waals surface area contributed by atoms with E-state index >= 15 is 0 Å². The summed E-state index contributed by atoms with van der Waals surface area (Å²) in [5.41, 5.74) is 2.78. The van der Waals surface area contributed by atoms with Gasteiger partial charge < -0.3 is 19.7 Å². The highest BCUT2D eigenvalue weighted by Crippen LogP contribution is 2.28. The van der Waals surface area contributed by atoms with Crippen molar-refractivity contribution < 1.29 is 19.1 Å². The van der Waals surface area contributed by atoms with Gasteiger partial charge >= 0.3 is 0 Å². The molecule has 7 nitrogen and oxygen atoms in total. The second-order valence-corrected chi connectivity index (χ2v) is 7.87. The van der Waals surface area contributed by atoms with Crippen molar-refractivity contribution in [3.05, 3.63) is 95.6 Å². The molecule has 180 valence electrons. The summed E-state index contributed by atoms with van der Waals surface area (Å²) in [7, 11) is 4.80. The molecule has 0 spiro atoms. The molecule has 0 unspecified atom stereocenters. The first kappa shape index (κ1) is 25.5. The second-order valence-electron chi connectivity index (χ2n) is 7.49. The molecule has 0 heterocycles. The first-order chi connectivity index (χ1) is 16.9. The van der Waals surface area contributed by atoms with Crippen molar-refractivity contribution in [1.82, 2.24) is 10.6 Å². The number of carbonyl (C=O) groups is 2. The van der Waals surface area contributed by atoms with Gasteiger partial charge in [-0.1, -0.05) is 48.5 Å². The lowest BCUT2D eigenvalue weighted by Gasteiger charge is -2.22. The molecule has 0 radical (unpaired) electrons. The summed E-state index contributed by atoms with van der Waals surface area (Å²) >= 11 is 5.42. The van der Waals surface area contributed by atoms with Crippen LogP contribution in [-0.4, -0.2) is 38.2 Å². The van der Waals surface area contributed by atoms with E-state index in [1.807, 2.05) is 30.3 Å². The van der Waals surface area contributed by atoms with Crippen LogP contribution in [-0.2, 0) is 11.3 Å². The minimum absolute atomic E-state index is 0.162. The molecule has 3 aromatic rings. The molecule has 0 aliphatic rings. The van der Waals surface area contributed by atoms with Gasteiger partial charge in [0.1, 0.15) is 0 Å². The predicted molar refractivity (Wildman–Crippen MR) is 142 cm³/mol. The number of rotatable bonds is 8. The van der Waals surface area contributed by atoms with Crippen LogP contribution in [0.25, 0.3) is 6.08 Å². The highest BCUT2D eigenvalue weighted by Gasteiger charge is 2.17. The Bertz CT molecular complexity index is 1230. The molecular formula is C27H27N3O4S. The molecule has 2 amide bonds. The number of anilines is 1. The van der Waals surface area contributed by atoms with Gasteiger partial charge in [-0.05, 0) is 53.7 Å². The summed E-state index contributed by atoms with van der Waals surface area (Å²) in [5, 5.41) is 5.75. The Morgan fingerprint density at radius 3 is 2.34 bits per heavy atom. The van der Waals surface area contributed by atoms with Crippen molar-refractivity contribution in [2.45, 2.75) is 6.54 Å². The molecule has 3 rings (SSSR count). The van der Waals surface area contributed by atoms with E-state index in [1.165, 1.54) is 6.08 Å². The van der Waals surface area contributed by atoms with E-state index in [2.05, 4.69) is 10.6 Å². The fourth-order valence-corrected chi connectivity index (χ4v) is 3.50. The molecule has 0 bridgehead atoms. The molecule has 0 fully saturated rings. The van der Waals surface area contributed by atoms with Gasteiger partial charge in [0, 0.05) is 19.7 Å². The fraction of sp³-hybridized carbons (Fsp3) is 0.148. The monoisotopic (exact) mass is 489 g/mol. The van der Waals surface area contributed by atoms with Gasteiger partial charge in [-0.25, -0.2) is 0 Å². The molecule has 2 N–H and O–H groups in total. The summed E-state index contributed by atoms with van der Waals surface area (Å²) in [6, 6.07) is 22.1. The van der Waals surface area contributed by atoms with Crippen LogP contribution in [0.3, 0.4) is 0 Å². The molecule has 0 aromatic heterocycles. The second kappa shape index (κ2) is 12.3. The maximum atomic E-state index is 12.8. The Labute approximate surface area is 210 Å². The van der Waals surface area contributed by atoms with E-state index in [4.69, 9.17) is 21.7 Å². The van der Waals surface area contributed by atoms with Crippen molar-refractivity contribution in [2.75, 3.05) is 26.2 Å². The van der Waals surface area contributed by atoms with Crippen molar-refractivity contribution in [2.24, 2.45) is 0 Å². The number of hydrogen-bond donors (Lipinski definition) is 2. The summed E-state index contributed by atoms with van der Waals surface area (Å²) < 4.78 is 10.5. The van der Waals surface area contributed by atoms with Gasteiger partial charge in [0.2, 0.25) is 5.91 Å². The average molecular weight is 490 g/mol. The number of nitrogens with one attached hydrogen (secondary N) is 2. The smallest absolute Gasteiger partial charge is 0.253 e. The number of nitrogens with zero attached hydrogens (tertiary/aromatic N) is 1. The summed E-state index contributed by atoms with van der Waals surface area (Å²) in [5.74, 6) is 0.525. The molecule has 8 heteroatoms. The first-order valence-corrected chi connectivity index (χ1v) is 11.2. The quantitative estimate of drug-likeness (QED) is 0.365. The van der Waals surface area contributed by atoms with Crippen molar-refractivity contribution >= 4 is 40.9 Å². The zero-order valence-corrected chi connectivity index (χ0v) is 20.6. The number of carbonyl (C=O) groups excluding carboxylic acids is 2. The number of benzene rings is 3. The number of thiocarbonyl (C=S) groups is 1. The number of ether oxygens (including phenoxy) is 2. The Balaban J connectivity index is 1.64. The Kier molecular flexibility index (Phi) is 8.97. The maximum Gasteiger partial charge on any atom is 0.253 e. The highest BCUT2D eigenvalue weighted by atomic mass is 32.1. The van der Waals surface area contributed by atoms with Gasteiger partial charge in [-0.15, -0.1) is 0 Å². The molecule has 35 heavy (non-hydrogen) atoms. The summed E-state index contributed by atoms with van der Waals surface area (Å²) in [4.78, 5) is 26.9. The normalized spacial score (nSPS) is 10.5. The minimum atomic E-state index is -0.400. The zero-order chi connectivity index (χ0) is 25.2.